The summed E-state index contributed by atoms with van der Waals surface area (Å²) in [6, 6.07) is 2.45. The van der Waals surface area contributed by atoms with Gasteiger partial charge in [-0.2, -0.15) is 0 Å². The molecule has 0 amide bonds. The number of nitrogens with zero attached hydrogens (tertiary/aromatic N) is 1. The van der Waals surface area contributed by atoms with Gasteiger partial charge in [0.25, 0.3) is 0 Å². The Morgan fingerprint density at radius 2 is 1.88 bits per heavy atom. The largest absolute Gasteiger partial charge is 0.514 e. The van der Waals surface area contributed by atoms with Crippen LogP contribution in [0.3, 0.4) is 0 Å². The minimum absolute atomic E-state index is 0.0212. The maximum absolute atomic E-state index is 14.5. The van der Waals surface area contributed by atoms with Gasteiger partial charge in [0.15, 0.2) is 17.4 Å². The lowest BCUT2D eigenvalue weighted by Crippen LogP contribution is -2.11. The summed E-state index contributed by atoms with van der Waals surface area (Å²) in [5, 5.41) is -0.477. The van der Waals surface area contributed by atoms with Crippen molar-refractivity contribution in [3.8, 4) is 22.9 Å². The summed E-state index contributed by atoms with van der Waals surface area (Å²) < 4.78 is 42.7. The molecule has 24 heavy (non-hydrogen) atoms. The first-order chi connectivity index (χ1) is 11.3. The van der Waals surface area contributed by atoms with E-state index >= 15 is 0 Å². The van der Waals surface area contributed by atoms with Crippen molar-refractivity contribution in [3.05, 3.63) is 33.8 Å². The van der Waals surface area contributed by atoms with E-state index < -0.39 is 40.1 Å². The Labute approximate surface area is 145 Å². The summed E-state index contributed by atoms with van der Waals surface area (Å²) in [5.74, 6) is -2.91. The average Bonchev–Trinajstić information content (AvgIpc) is 2.56. The molecule has 0 unspecified atom stereocenters. The number of pyridine rings is 1. The smallest absolute Gasteiger partial charge is 0.492 e. The number of benzene rings is 1. The van der Waals surface area contributed by atoms with E-state index in [0.717, 1.165) is 7.11 Å². The fourth-order valence-corrected chi connectivity index (χ4v) is 2.19. The first-order valence-corrected chi connectivity index (χ1v) is 7.00. The third kappa shape index (κ3) is 3.15. The number of carbonyl (C=O) groups is 1. The molecule has 0 fully saturated rings. The molecule has 0 saturated heterocycles. The third-order valence-corrected chi connectivity index (χ3v) is 3.60. The van der Waals surface area contributed by atoms with Gasteiger partial charge in [-0.1, -0.05) is 23.2 Å². The number of hydrogen-bond donors (Lipinski definition) is 1. The Bertz CT molecular complexity index is 818. The highest BCUT2D eigenvalue weighted by Crippen LogP contribution is 2.40. The van der Waals surface area contributed by atoms with E-state index in [1.165, 1.54) is 19.2 Å². The zero-order valence-corrected chi connectivity index (χ0v) is 13.8. The standard InChI is InChI=1S/C14H10Cl2F2N2O4/c1-22-12-6(15)4-3-5(8(12)17)11-9(18)10(19)7(16)13(20-11)24-14(21)23-2/h3-4H,1-2H3,(H2,19,20). The number of methoxy groups -OCH3 is 2. The molecular weight excluding hydrogens is 369 g/mol. The number of ether oxygens (including phenoxy) is 3. The van der Waals surface area contributed by atoms with E-state index in [0.29, 0.717) is 0 Å². The first-order valence-electron chi connectivity index (χ1n) is 6.24. The molecule has 1 heterocycles. The minimum atomic E-state index is -1.16. The van der Waals surface area contributed by atoms with Crippen LogP contribution in [0.1, 0.15) is 0 Å². The zero-order chi connectivity index (χ0) is 18.0. The van der Waals surface area contributed by atoms with Crippen LogP contribution in [0.4, 0.5) is 19.3 Å². The maximum Gasteiger partial charge on any atom is 0.514 e. The predicted octanol–water partition coefficient (Wildman–Crippen LogP) is 4.07. The van der Waals surface area contributed by atoms with Crippen molar-refractivity contribution in [3.63, 3.8) is 0 Å². The van der Waals surface area contributed by atoms with E-state index in [-0.39, 0.29) is 16.3 Å². The predicted molar refractivity (Wildman–Crippen MR) is 83.6 cm³/mol. The molecule has 0 atom stereocenters. The number of aromatic nitrogens is 1. The maximum atomic E-state index is 14.5. The molecule has 128 valence electrons. The number of nitrogens with two attached hydrogens (primary N) is 1. The lowest BCUT2D eigenvalue weighted by molar-refractivity contribution is 0.119. The second kappa shape index (κ2) is 7.06. The Hall–Kier alpha value is -2.32. The van der Waals surface area contributed by atoms with Crippen molar-refractivity contribution in [2.45, 2.75) is 0 Å². The summed E-state index contributed by atoms with van der Waals surface area (Å²) in [7, 11) is 2.24. The van der Waals surface area contributed by atoms with Crippen LogP contribution in [-0.4, -0.2) is 25.4 Å². The van der Waals surface area contributed by atoms with Crippen LogP contribution in [0.25, 0.3) is 11.3 Å². The molecule has 10 heteroatoms. The Kier molecular flexibility index (Phi) is 5.30. The zero-order valence-electron chi connectivity index (χ0n) is 12.3. The van der Waals surface area contributed by atoms with Crippen LogP contribution in [0.2, 0.25) is 10.0 Å². The van der Waals surface area contributed by atoms with Gasteiger partial charge in [0, 0.05) is 5.56 Å². The summed E-state index contributed by atoms with van der Waals surface area (Å²) in [6.45, 7) is 0. The van der Waals surface area contributed by atoms with E-state index in [1.807, 2.05) is 0 Å². The van der Waals surface area contributed by atoms with Crippen molar-refractivity contribution < 1.29 is 27.8 Å². The minimum Gasteiger partial charge on any atom is -0.492 e. The topological polar surface area (TPSA) is 83.7 Å². The highest BCUT2D eigenvalue weighted by atomic mass is 35.5. The monoisotopic (exact) mass is 378 g/mol. The van der Waals surface area contributed by atoms with Gasteiger partial charge in [0.05, 0.1) is 24.9 Å². The quantitative estimate of drug-likeness (QED) is 0.810. The van der Waals surface area contributed by atoms with E-state index in [4.69, 9.17) is 33.7 Å². The number of hydrogen-bond acceptors (Lipinski definition) is 6. The Morgan fingerprint density at radius 1 is 1.21 bits per heavy atom. The number of halogens is 4. The van der Waals surface area contributed by atoms with Crippen molar-refractivity contribution in [1.82, 2.24) is 4.98 Å². The number of carbonyl (C=O) groups excluding carboxylic acids is 1. The summed E-state index contributed by atoms with van der Waals surface area (Å²) in [5.41, 5.74) is 4.10. The van der Waals surface area contributed by atoms with Crippen LogP contribution in [0.5, 0.6) is 11.6 Å². The molecule has 1 aromatic carbocycles. The molecule has 0 aliphatic carbocycles. The fourth-order valence-electron chi connectivity index (χ4n) is 1.81. The lowest BCUT2D eigenvalue weighted by Gasteiger charge is -2.13. The molecule has 0 radical (unpaired) electrons. The van der Waals surface area contributed by atoms with Gasteiger partial charge in [-0.15, -0.1) is 0 Å². The van der Waals surface area contributed by atoms with Crippen LogP contribution >= 0.6 is 23.2 Å². The molecule has 0 aliphatic heterocycles. The fraction of sp³-hybridized carbons (Fsp3) is 0.143. The molecule has 0 spiro atoms. The third-order valence-electron chi connectivity index (χ3n) is 2.94. The van der Waals surface area contributed by atoms with Gasteiger partial charge in [-0.25, -0.2) is 18.6 Å². The van der Waals surface area contributed by atoms with Crippen molar-refractivity contribution in [2.24, 2.45) is 0 Å². The van der Waals surface area contributed by atoms with E-state index in [9.17, 15) is 13.6 Å². The van der Waals surface area contributed by atoms with Crippen LogP contribution in [0.15, 0.2) is 12.1 Å². The van der Waals surface area contributed by atoms with Gasteiger partial charge in [-0.3, -0.25) is 0 Å². The Morgan fingerprint density at radius 3 is 2.46 bits per heavy atom. The van der Waals surface area contributed by atoms with E-state index in [1.54, 1.807) is 0 Å². The molecule has 6 nitrogen and oxygen atoms in total. The van der Waals surface area contributed by atoms with Crippen molar-refractivity contribution >= 4 is 35.0 Å². The van der Waals surface area contributed by atoms with Crippen molar-refractivity contribution in [1.29, 1.82) is 0 Å². The molecule has 2 rings (SSSR count). The van der Waals surface area contributed by atoms with Gasteiger partial charge in [0.1, 0.15) is 10.7 Å². The van der Waals surface area contributed by atoms with Crippen LogP contribution in [0, 0.1) is 11.6 Å². The average molecular weight is 379 g/mol. The lowest BCUT2D eigenvalue weighted by atomic mass is 10.1. The number of anilines is 1. The molecule has 2 aromatic rings. The van der Waals surface area contributed by atoms with Crippen LogP contribution < -0.4 is 15.2 Å². The molecule has 0 aliphatic rings. The molecule has 1 aromatic heterocycles. The molecular formula is C14H10Cl2F2N2O4. The van der Waals surface area contributed by atoms with Gasteiger partial charge in [0.2, 0.25) is 5.88 Å². The Balaban J connectivity index is 2.69. The summed E-state index contributed by atoms with van der Waals surface area (Å²) in [6.07, 6.45) is -1.16. The number of rotatable bonds is 3. The van der Waals surface area contributed by atoms with Crippen molar-refractivity contribution in [2.75, 3.05) is 20.0 Å². The summed E-state index contributed by atoms with van der Waals surface area (Å²) in [4.78, 5) is 14.9. The number of nitrogen functional groups attached to an aromatic ring is 1. The SMILES string of the molecule is COC(=O)Oc1nc(-c2ccc(Cl)c(OC)c2F)c(F)c(N)c1Cl. The van der Waals surface area contributed by atoms with Gasteiger partial charge >= 0.3 is 6.16 Å². The van der Waals surface area contributed by atoms with Gasteiger partial charge < -0.3 is 19.9 Å². The molecule has 2 N–H and O–H groups in total. The summed E-state index contributed by atoms with van der Waals surface area (Å²) >= 11 is 11.6. The normalized spacial score (nSPS) is 10.4. The first kappa shape index (κ1) is 18.0. The van der Waals surface area contributed by atoms with Crippen LogP contribution in [-0.2, 0) is 4.74 Å². The highest BCUT2D eigenvalue weighted by Gasteiger charge is 2.24. The van der Waals surface area contributed by atoms with Gasteiger partial charge in [-0.05, 0) is 12.1 Å². The second-order valence-electron chi connectivity index (χ2n) is 4.31. The van der Waals surface area contributed by atoms with E-state index in [2.05, 4.69) is 14.5 Å². The molecule has 0 saturated carbocycles. The second-order valence-corrected chi connectivity index (χ2v) is 5.09. The highest BCUT2D eigenvalue weighted by molar-refractivity contribution is 6.34. The molecule has 0 bridgehead atoms.